The summed E-state index contributed by atoms with van der Waals surface area (Å²) in [6, 6.07) is 2.04. The van der Waals surface area contributed by atoms with E-state index in [-0.39, 0.29) is 5.92 Å². The molecule has 0 aromatic rings. The SMILES string of the molecule is C=C(C#N)CN1CCC(C(C)=O)CC1. The second-order valence-electron chi connectivity index (χ2n) is 3.88. The molecule has 0 N–H and O–H groups in total. The zero-order chi connectivity index (χ0) is 10.6. The summed E-state index contributed by atoms with van der Waals surface area (Å²) < 4.78 is 0. The Morgan fingerprint density at radius 3 is 2.57 bits per heavy atom. The Morgan fingerprint density at radius 1 is 1.57 bits per heavy atom. The van der Waals surface area contributed by atoms with Gasteiger partial charge in [-0.25, -0.2) is 0 Å². The van der Waals surface area contributed by atoms with Crippen LogP contribution in [0.2, 0.25) is 0 Å². The first-order valence-electron chi connectivity index (χ1n) is 4.94. The first-order chi connectivity index (χ1) is 6.63. The second-order valence-corrected chi connectivity index (χ2v) is 3.88. The van der Waals surface area contributed by atoms with Crippen LogP contribution in [0.3, 0.4) is 0 Å². The van der Waals surface area contributed by atoms with Crippen molar-refractivity contribution >= 4 is 5.78 Å². The highest BCUT2D eigenvalue weighted by atomic mass is 16.1. The molecule has 0 atom stereocenters. The molecule has 0 saturated carbocycles. The van der Waals surface area contributed by atoms with E-state index in [4.69, 9.17) is 5.26 Å². The fraction of sp³-hybridized carbons (Fsp3) is 0.636. The highest BCUT2D eigenvalue weighted by Gasteiger charge is 2.22. The lowest BCUT2D eigenvalue weighted by Crippen LogP contribution is -2.36. The Bertz CT molecular complexity index is 270. The molecule has 0 unspecified atom stereocenters. The van der Waals surface area contributed by atoms with Gasteiger partial charge in [-0.1, -0.05) is 6.58 Å². The fourth-order valence-corrected chi connectivity index (χ4v) is 1.80. The summed E-state index contributed by atoms with van der Waals surface area (Å²) in [5, 5.41) is 8.58. The van der Waals surface area contributed by atoms with E-state index in [9.17, 15) is 4.79 Å². The third kappa shape index (κ3) is 2.97. The first-order valence-corrected chi connectivity index (χ1v) is 4.94. The monoisotopic (exact) mass is 192 g/mol. The number of Topliss-reactive ketones (excluding diaryl/α,β-unsaturated/α-hetero) is 1. The maximum Gasteiger partial charge on any atom is 0.133 e. The minimum atomic E-state index is 0.238. The molecule has 1 aliphatic heterocycles. The Kier molecular flexibility index (Phi) is 3.84. The Balaban J connectivity index is 2.33. The molecule has 0 aromatic carbocycles. The van der Waals surface area contributed by atoms with Crippen LogP contribution in [0.1, 0.15) is 19.8 Å². The number of nitrogens with zero attached hydrogens (tertiary/aromatic N) is 2. The van der Waals surface area contributed by atoms with E-state index >= 15 is 0 Å². The average Bonchev–Trinajstić information content (AvgIpc) is 2.18. The van der Waals surface area contributed by atoms with Gasteiger partial charge in [0.05, 0.1) is 6.07 Å². The lowest BCUT2D eigenvalue weighted by Gasteiger charge is -2.30. The van der Waals surface area contributed by atoms with E-state index in [0.29, 0.717) is 17.9 Å². The summed E-state index contributed by atoms with van der Waals surface area (Å²) in [6.45, 7) is 7.78. The summed E-state index contributed by atoms with van der Waals surface area (Å²) in [4.78, 5) is 13.3. The minimum absolute atomic E-state index is 0.238. The molecule has 1 fully saturated rings. The number of ketones is 1. The lowest BCUT2D eigenvalue weighted by atomic mass is 9.93. The molecule has 76 valence electrons. The summed E-state index contributed by atoms with van der Waals surface area (Å²) in [5.74, 6) is 0.533. The Hall–Kier alpha value is -1.14. The van der Waals surface area contributed by atoms with Gasteiger partial charge in [0.25, 0.3) is 0 Å². The molecule has 0 aromatic heterocycles. The van der Waals surface area contributed by atoms with E-state index in [1.807, 2.05) is 6.07 Å². The largest absolute Gasteiger partial charge is 0.300 e. The fourth-order valence-electron chi connectivity index (χ4n) is 1.80. The van der Waals surface area contributed by atoms with Crippen molar-refractivity contribution in [1.82, 2.24) is 4.90 Å². The van der Waals surface area contributed by atoms with Crippen LogP contribution in [0, 0.1) is 17.2 Å². The third-order valence-electron chi connectivity index (χ3n) is 2.74. The molecule has 3 nitrogen and oxygen atoms in total. The van der Waals surface area contributed by atoms with Crippen LogP contribution in [0.4, 0.5) is 0 Å². The molecule has 1 rings (SSSR count). The van der Waals surface area contributed by atoms with Crippen molar-refractivity contribution in [2.75, 3.05) is 19.6 Å². The molecular formula is C11H16N2O. The van der Waals surface area contributed by atoms with Crippen LogP contribution in [0.25, 0.3) is 0 Å². The maximum absolute atomic E-state index is 11.1. The normalized spacial score (nSPS) is 18.9. The standard InChI is InChI=1S/C11H16N2O/c1-9(7-12)8-13-5-3-11(4-6-13)10(2)14/h11H,1,3-6,8H2,2H3. The zero-order valence-electron chi connectivity index (χ0n) is 8.62. The minimum Gasteiger partial charge on any atom is -0.300 e. The second kappa shape index (κ2) is 4.92. The zero-order valence-corrected chi connectivity index (χ0v) is 8.62. The van der Waals surface area contributed by atoms with Crippen LogP contribution in [-0.4, -0.2) is 30.3 Å². The van der Waals surface area contributed by atoms with Crippen molar-refractivity contribution in [2.24, 2.45) is 5.92 Å². The molecular weight excluding hydrogens is 176 g/mol. The van der Waals surface area contributed by atoms with Crippen molar-refractivity contribution in [3.05, 3.63) is 12.2 Å². The highest BCUT2D eigenvalue weighted by Crippen LogP contribution is 2.18. The van der Waals surface area contributed by atoms with Gasteiger partial charge in [0.15, 0.2) is 0 Å². The van der Waals surface area contributed by atoms with Gasteiger partial charge < -0.3 is 0 Å². The number of nitriles is 1. The number of likely N-dealkylation sites (tertiary alicyclic amines) is 1. The van der Waals surface area contributed by atoms with E-state index in [0.717, 1.165) is 25.9 Å². The molecule has 0 bridgehead atoms. The van der Waals surface area contributed by atoms with Crippen molar-refractivity contribution in [2.45, 2.75) is 19.8 Å². The molecule has 0 aliphatic carbocycles. The van der Waals surface area contributed by atoms with Gasteiger partial charge in [-0.05, 0) is 32.9 Å². The van der Waals surface area contributed by atoms with E-state index in [1.54, 1.807) is 6.92 Å². The summed E-state index contributed by atoms with van der Waals surface area (Å²) in [7, 11) is 0. The maximum atomic E-state index is 11.1. The number of rotatable bonds is 3. The van der Waals surface area contributed by atoms with Crippen LogP contribution >= 0.6 is 0 Å². The van der Waals surface area contributed by atoms with Crippen molar-refractivity contribution in [3.8, 4) is 6.07 Å². The molecule has 14 heavy (non-hydrogen) atoms. The van der Waals surface area contributed by atoms with Gasteiger partial charge in [-0.3, -0.25) is 9.69 Å². The topological polar surface area (TPSA) is 44.1 Å². The number of hydrogen-bond donors (Lipinski definition) is 0. The molecule has 0 spiro atoms. The van der Waals surface area contributed by atoms with Gasteiger partial charge >= 0.3 is 0 Å². The highest BCUT2D eigenvalue weighted by molar-refractivity contribution is 5.78. The van der Waals surface area contributed by atoms with Crippen LogP contribution in [0.5, 0.6) is 0 Å². The van der Waals surface area contributed by atoms with Crippen LogP contribution in [-0.2, 0) is 4.79 Å². The third-order valence-corrected chi connectivity index (χ3v) is 2.74. The van der Waals surface area contributed by atoms with Crippen molar-refractivity contribution in [3.63, 3.8) is 0 Å². The average molecular weight is 192 g/mol. The predicted molar refractivity (Wildman–Crippen MR) is 54.6 cm³/mol. The molecule has 3 heteroatoms. The molecule has 0 amide bonds. The molecule has 1 saturated heterocycles. The summed E-state index contributed by atoms with van der Waals surface area (Å²) >= 11 is 0. The van der Waals surface area contributed by atoms with Gasteiger partial charge in [-0.2, -0.15) is 5.26 Å². The van der Waals surface area contributed by atoms with Crippen LogP contribution < -0.4 is 0 Å². The van der Waals surface area contributed by atoms with Gasteiger partial charge in [0.1, 0.15) is 5.78 Å². The summed E-state index contributed by atoms with van der Waals surface area (Å²) in [5.41, 5.74) is 0.603. The predicted octanol–water partition coefficient (Wildman–Crippen LogP) is 1.37. The Labute approximate surface area is 85.0 Å². The van der Waals surface area contributed by atoms with Gasteiger partial charge in [0, 0.05) is 18.0 Å². The molecule has 1 aliphatic rings. The van der Waals surface area contributed by atoms with Gasteiger partial charge in [0.2, 0.25) is 0 Å². The smallest absolute Gasteiger partial charge is 0.133 e. The lowest BCUT2D eigenvalue weighted by molar-refractivity contribution is -0.122. The van der Waals surface area contributed by atoms with Crippen LogP contribution in [0.15, 0.2) is 12.2 Å². The Morgan fingerprint density at radius 2 is 2.14 bits per heavy atom. The molecule has 0 radical (unpaired) electrons. The number of carbonyl (C=O) groups excluding carboxylic acids is 1. The van der Waals surface area contributed by atoms with E-state index in [1.165, 1.54) is 0 Å². The van der Waals surface area contributed by atoms with Crippen molar-refractivity contribution in [1.29, 1.82) is 5.26 Å². The molecule has 1 heterocycles. The summed E-state index contributed by atoms with van der Waals surface area (Å²) in [6.07, 6.45) is 1.85. The number of hydrogen-bond acceptors (Lipinski definition) is 3. The number of piperidine rings is 1. The quantitative estimate of drug-likeness (QED) is 0.634. The van der Waals surface area contributed by atoms with Crippen molar-refractivity contribution < 1.29 is 4.79 Å². The first kappa shape index (κ1) is 10.9. The van der Waals surface area contributed by atoms with E-state index < -0.39 is 0 Å². The number of carbonyl (C=O) groups is 1. The van der Waals surface area contributed by atoms with E-state index in [2.05, 4.69) is 11.5 Å². The van der Waals surface area contributed by atoms with Gasteiger partial charge in [-0.15, -0.1) is 0 Å².